The lowest BCUT2D eigenvalue weighted by atomic mass is 10.3. The summed E-state index contributed by atoms with van der Waals surface area (Å²) in [6.45, 7) is 3.13. The average Bonchev–Trinajstić information content (AvgIpc) is 3.04. The van der Waals surface area contributed by atoms with Crippen LogP contribution in [-0.2, 0) is 29.8 Å². The summed E-state index contributed by atoms with van der Waals surface area (Å²) in [4.78, 5) is 32.2. The van der Waals surface area contributed by atoms with Crippen LogP contribution in [0.15, 0.2) is 11.1 Å². The Morgan fingerprint density at radius 2 is 2.21 bits per heavy atom. The first kappa shape index (κ1) is 22.5. The van der Waals surface area contributed by atoms with Crippen LogP contribution in [0.1, 0.15) is 13.3 Å². The van der Waals surface area contributed by atoms with Gasteiger partial charge in [-0.2, -0.15) is 4.98 Å². The predicted molar refractivity (Wildman–Crippen MR) is 101 cm³/mol. The van der Waals surface area contributed by atoms with Crippen molar-refractivity contribution in [1.82, 2.24) is 19.5 Å². The second-order valence-electron chi connectivity index (χ2n) is 5.91. The van der Waals surface area contributed by atoms with Gasteiger partial charge < -0.3 is 33.9 Å². The molecule has 0 aliphatic carbocycles. The average molecular weight is 419 g/mol. The molecule has 4 N–H and O–H groups in total. The van der Waals surface area contributed by atoms with Crippen LogP contribution in [0.4, 0.5) is 5.95 Å². The highest BCUT2D eigenvalue weighted by Crippen LogP contribution is 2.42. The summed E-state index contributed by atoms with van der Waals surface area (Å²) >= 11 is 0. The number of nitrogens with one attached hydrogen (secondary N) is 1. The molecule has 0 radical (unpaired) electrons. The molecule has 2 aromatic heterocycles. The number of methoxy groups -OCH3 is 1. The molecule has 0 spiro atoms. The van der Waals surface area contributed by atoms with Gasteiger partial charge in [-0.05, 0) is 13.3 Å². The van der Waals surface area contributed by atoms with Crippen LogP contribution in [0, 0.1) is 0 Å². The maximum absolute atomic E-state index is 12.1. The molecule has 0 aromatic carbocycles. The molecule has 0 aliphatic heterocycles. The SMILES string of the molecule is CCOC[C@@H](Cn1cnc2c(=O)[nH]c(N)nc21)OCP(=O)(O)OCCCOC. The fourth-order valence-corrected chi connectivity index (χ4v) is 3.26. The van der Waals surface area contributed by atoms with E-state index in [2.05, 4.69) is 15.0 Å². The third kappa shape index (κ3) is 6.66. The molecule has 13 heteroatoms. The van der Waals surface area contributed by atoms with Crippen molar-refractivity contribution in [2.24, 2.45) is 0 Å². The highest BCUT2D eigenvalue weighted by Gasteiger charge is 2.23. The monoisotopic (exact) mass is 419 g/mol. The van der Waals surface area contributed by atoms with Gasteiger partial charge in [0.1, 0.15) is 6.35 Å². The van der Waals surface area contributed by atoms with E-state index in [1.807, 2.05) is 6.92 Å². The van der Waals surface area contributed by atoms with Gasteiger partial charge in [0.15, 0.2) is 11.2 Å². The number of aromatic amines is 1. The Kier molecular flexibility index (Phi) is 8.55. The van der Waals surface area contributed by atoms with Crippen molar-refractivity contribution in [3.63, 3.8) is 0 Å². The van der Waals surface area contributed by atoms with Crippen LogP contribution in [0.2, 0.25) is 0 Å². The quantitative estimate of drug-likeness (QED) is 0.304. The first-order chi connectivity index (χ1) is 13.4. The Morgan fingerprint density at radius 1 is 1.43 bits per heavy atom. The minimum Gasteiger partial charge on any atom is -0.385 e. The van der Waals surface area contributed by atoms with E-state index in [4.69, 9.17) is 24.5 Å². The number of nitrogen functional groups attached to an aromatic ring is 1. The second kappa shape index (κ2) is 10.6. The normalized spacial score (nSPS) is 15.0. The lowest BCUT2D eigenvalue weighted by Crippen LogP contribution is -2.26. The molecule has 2 rings (SSSR count). The van der Waals surface area contributed by atoms with Gasteiger partial charge in [0.05, 0.1) is 32.2 Å². The number of nitrogens with zero attached hydrogens (tertiary/aromatic N) is 3. The van der Waals surface area contributed by atoms with E-state index >= 15 is 0 Å². The van der Waals surface area contributed by atoms with Crippen LogP contribution >= 0.6 is 7.60 Å². The number of hydrogen-bond donors (Lipinski definition) is 3. The fraction of sp³-hybridized carbons (Fsp3) is 0.667. The van der Waals surface area contributed by atoms with E-state index in [0.717, 1.165) is 0 Å². The summed E-state index contributed by atoms with van der Waals surface area (Å²) in [6, 6.07) is 0. The molecule has 0 saturated heterocycles. The minimum absolute atomic E-state index is 0.0363. The fourth-order valence-electron chi connectivity index (χ4n) is 2.37. The number of hydrogen-bond acceptors (Lipinski definition) is 9. The Bertz CT molecular complexity index is 855. The molecule has 0 aliphatic rings. The van der Waals surface area contributed by atoms with Crippen molar-refractivity contribution in [3.05, 3.63) is 16.7 Å². The van der Waals surface area contributed by atoms with Gasteiger partial charge >= 0.3 is 7.60 Å². The van der Waals surface area contributed by atoms with Crippen molar-refractivity contribution < 1.29 is 28.2 Å². The number of aromatic nitrogens is 4. The van der Waals surface area contributed by atoms with E-state index in [0.29, 0.717) is 19.6 Å². The van der Waals surface area contributed by atoms with Gasteiger partial charge in [-0.1, -0.05) is 0 Å². The van der Waals surface area contributed by atoms with E-state index in [1.165, 1.54) is 13.4 Å². The minimum atomic E-state index is -3.92. The number of rotatable bonds is 13. The third-order valence-corrected chi connectivity index (χ3v) is 4.72. The van der Waals surface area contributed by atoms with Crippen LogP contribution in [0.25, 0.3) is 11.2 Å². The van der Waals surface area contributed by atoms with E-state index < -0.39 is 25.6 Å². The summed E-state index contributed by atoms with van der Waals surface area (Å²) in [7, 11) is -2.38. The zero-order chi connectivity index (χ0) is 20.6. The lowest BCUT2D eigenvalue weighted by molar-refractivity contribution is -0.00976. The predicted octanol–water partition coefficient (Wildman–Crippen LogP) is 0.320. The van der Waals surface area contributed by atoms with Gasteiger partial charge in [-0.15, -0.1) is 0 Å². The van der Waals surface area contributed by atoms with Crippen LogP contribution in [0.5, 0.6) is 0 Å². The smallest absolute Gasteiger partial charge is 0.353 e. The Hall–Kier alpha value is -1.82. The summed E-state index contributed by atoms with van der Waals surface area (Å²) in [5.74, 6) is -0.0363. The highest BCUT2D eigenvalue weighted by atomic mass is 31.2. The molecule has 2 heterocycles. The standard InChI is InChI=1S/C15H26N5O7P/c1-3-25-8-11(26-10-28(22,23)27-6-4-5-24-2)7-20-9-17-12-13(20)18-15(16)19-14(12)21/h9,11H,3-8,10H2,1-2H3,(H,22,23)(H3,16,18,19,21)/t11-/m1/s1. The van der Waals surface area contributed by atoms with E-state index in [9.17, 15) is 14.3 Å². The maximum atomic E-state index is 12.1. The third-order valence-electron chi connectivity index (χ3n) is 3.66. The molecule has 0 fully saturated rings. The Morgan fingerprint density at radius 3 is 2.93 bits per heavy atom. The van der Waals surface area contributed by atoms with Gasteiger partial charge in [0.2, 0.25) is 5.95 Å². The number of imidazole rings is 1. The van der Waals surface area contributed by atoms with Gasteiger partial charge in [-0.3, -0.25) is 14.3 Å². The second-order valence-corrected chi connectivity index (χ2v) is 7.71. The van der Waals surface area contributed by atoms with Crippen LogP contribution in [0.3, 0.4) is 0 Å². The van der Waals surface area contributed by atoms with Crippen molar-refractivity contribution in [2.75, 3.05) is 45.6 Å². The molecule has 12 nitrogen and oxygen atoms in total. The van der Waals surface area contributed by atoms with Crippen molar-refractivity contribution in [3.8, 4) is 0 Å². The first-order valence-electron chi connectivity index (χ1n) is 8.71. The molecule has 2 aromatic rings. The zero-order valence-electron chi connectivity index (χ0n) is 15.9. The topological polar surface area (TPSA) is 164 Å². The summed E-state index contributed by atoms with van der Waals surface area (Å²) < 4.78 is 34.5. The highest BCUT2D eigenvalue weighted by molar-refractivity contribution is 7.52. The van der Waals surface area contributed by atoms with Crippen molar-refractivity contribution >= 4 is 24.7 Å². The maximum Gasteiger partial charge on any atom is 0.353 e. The molecule has 158 valence electrons. The largest absolute Gasteiger partial charge is 0.385 e. The molecule has 0 bridgehead atoms. The molecule has 1 unspecified atom stereocenters. The van der Waals surface area contributed by atoms with E-state index in [1.54, 1.807) is 4.57 Å². The first-order valence-corrected chi connectivity index (χ1v) is 10.5. The number of anilines is 1. The molecule has 0 saturated carbocycles. The zero-order valence-corrected chi connectivity index (χ0v) is 16.8. The van der Waals surface area contributed by atoms with Crippen LogP contribution < -0.4 is 11.3 Å². The summed E-state index contributed by atoms with van der Waals surface area (Å²) in [5.41, 5.74) is 5.56. The summed E-state index contributed by atoms with van der Waals surface area (Å²) in [5, 5.41) is 0. The molecular formula is C15H26N5O7P. The Balaban J connectivity index is 2.04. The lowest BCUT2D eigenvalue weighted by Gasteiger charge is -2.20. The van der Waals surface area contributed by atoms with Gasteiger partial charge in [0, 0.05) is 20.3 Å². The molecule has 28 heavy (non-hydrogen) atoms. The number of H-pyrrole nitrogens is 1. The Labute approximate surface area is 161 Å². The number of ether oxygens (including phenoxy) is 3. The molecular weight excluding hydrogens is 393 g/mol. The van der Waals surface area contributed by atoms with Crippen molar-refractivity contribution in [2.45, 2.75) is 26.0 Å². The van der Waals surface area contributed by atoms with Crippen molar-refractivity contribution in [1.29, 1.82) is 0 Å². The number of fused-ring (bicyclic) bond motifs is 1. The number of nitrogens with two attached hydrogens (primary N) is 1. The van der Waals surface area contributed by atoms with Crippen LogP contribution in [-0.4, -0.2) is 70.4 Å². The molecule has 0 amide bonds. The van der Waals surface area contributed by atoms with E-state index in [-0.39, 0.29) is 36.9 Å². The van der Waals surface area contributed by atoms with Gasteiger partial charge in [0.25, 0.3) is 5.56 Å². The molecule has 2 atom stereocenters. The summed E-state index contributed by atoms with van der Waals surface area (Å²) in [6.07, 6.45) is 0.823. The van der Waals surface area contributed by atoms with Gasteiger partial charge in [-0.25, -0.2) is 4.98 Å².